The highest BCUT2D eigenvalue weighted by atomic mass is 16.2. The molecule has 0 N–H and O–H groups in total. The number of hydrogen-bond donors (Lipinski definition) is 0. The Kier molecular flexibility index (Phi) is 3.35. The normalized spacial score (nSPS) is 20.0. The molecule has 96 valence electrons. The molecule has 0 unspecified atom stereocenters. The van der Waals surface area contributed by atoms with Gasteiger partial charge in [-0.2, -0.15) is 0 Å². The summed E-state index contributed by atoms with van der Waals surface area (Å²) in [4.78, 5) is 14.7. The molecule has 2 aliphatic carbocycles. The third-order valence-electron chi connectivity index (χ3n) is 4.14. The smallest absolute Gasteiger partial charge is 0.227 e. The zero-order valence-electron chi connectivity index (χ0n) is 10.8. The summed E-state index contributed by atoms with van der Waals surface area (Å²) in [7, 11) is 0. The lowest BCUT2D eigenvalue weighted by atomic mass is 10.1. The Morgan fingerprint density at radius 2 is 1.61 bits per heavy atom. The van der Waals surface area contributed by atoms with Crippen molar-refractivity contribution >= 4 is 5.91 Å². The van der Waals surface area contributed by atoms with Crippen LogP contribution in [-0.2, 0) is 11.2 Å². The number of nitrogens with zero attached hydrogens (tertiary/aromatic N) is 1. The van der Waals surface area contributed by atoms with Crippen LogP contribution >= 0.6 is 0 Å². The first kappa shape index (κ1) is 11.8. The van der Waals surface area contributed by atoms with Crippen LogP contribution in [0, 0.1) is 0 Å². The van der Waals surface area contributed by atoms with Crippen molar-refractivity contribution in [2.75, 3.05) is 0 Å². The van der Waals surface area contributed by atoms with Gasteiger partial charge in [-0.15, -0.1) is 0 Å². The fraction of sp³-hybridized carbons (Fsp3) is 0.562. The van der Waals surface area contributed by atoms with E-state index >= 15 is 0 Å². The van der Waals surface area contributed by atoms with Crippen molar-refractivity contribution in [2.24, 2.45) is 0 Å². The molecule has 0 aliphatic heterocycles. The summed E-state index contributed by atoms with van der Waals surface area (Å²) in [5.74, 6) is 0.343. The topological polar surface area (TPSA) is 20.3 Å². The molecule has 2 aliphatic rings. The van der Waals surface area contributed by atoms with Gasteiger partial charge in [-0.1, -0.05) is 43.2 Å². The summed E-state index contributed by atoms with van der Waals surface area (Å²) in [6.07, 6.45) is 8.05. The molecule has 1 amide bonds. The van der Waals surface area contributed by atoms with Crippen LogP contribution in [0.1, 0.15) is 44.1 Å². The Morgan fingerprint density at radius 1 is 1.00 bits per heavy atom. The molecule has 2 heteroatoms. The van der Waals surface area contributed by atoms with Crippen LogP contribution in [0.15, 0.2) is 30.3 Å². The minimum atomic E-state index is 0.343. The summed E-state index contributed by atoms with van der Waals surface area (Å²) in [5.41, 5.74) is 1.14. The fourth-order valence-electron chi connectivity index (χ4n) is 3.10. The van der Waals surface area contributed by atoms with Crippen molar-refractivity contribution in [3.8, 4) is 0 Å². The molecule has 18 heavy (non-hydrogen) atoms. The molecule has 2 saturated carbocycles. The van der Waals surface area contributed by atoms with Crippen LogP contribution in [0.5, 0.6) is 0 Å². The Morgan fingerprint density at radius 3 is 2.22 bits per heavy atom. The Hall–Kier alpha value is -1.31. The van der Waals surface area contributed by atoms with E-state index in [9.17, 15) is 4.79 Å². The molecular formula is C16H21NO. The summed E-state index contributed by atoms with van der Waals surface area (Å²) >= 11 is 0. The molecule has 0 aromatic heterocycles. The van der Waals surface area contributed by atoms with Gasteiger partial charge in [-0.25, -0.2) is 0 Å². The predicted octanol–water partition coefficient (Wildman–Crippen LogP) is 3.16. The van der Waals surface area contributed by atoms with Gasteiger partial charge in [0.1, 0.15) is 0 Å². The van der Waals surface area contributed by atoms with Crippen LogP contribution in [0.3, 0.4) is 0 Å². The van der Waals surface area contributed by atoms with Crippen LogP contribution in [0.2, 0.25) is 0 Å². The Labute approximate surface area is 109 Å². The minimum absolute atomic E-state index is 0.343. The second-order valence-electron chi connectivity index (χ2n) is 5.63. The van der Waals surface area contributed by atoms with Gasteiger partial charge in [0, 0.05) is 12.1 Å². The van der Waals surface area contributed by atoms with E-state index in [1.807, 2.05) is 18.2 Å². The van der Waals surface area contributed by atoms with Crippen molar-refractivity contribution in [1.29, 1.82) is 0 Å². The van der Waals surface area contributed by atoms with Crippen molar-refractivity contribution in [1.82, 2.24) is 4.90 Å². The molecule has 0 saturated heterocycles. The lowest BCUT2D eigenvalue weighted by molar-refractivity contribution is -0.133. The molecule has 3 rings (SSSR count). The number of hydrogen-bond acceptors (Lipinski definition) is 1. The maximum Gasteiger partial charge on any atom is 0.227 e. The second-order valence-corrected chi connectivity index (χ2v) is 5.63. The van der Waals surface area contributed by atoms with Gasteiger partial charge in [0.2, 0.25) is 5.91 Å². The van der Waals surface area contributed by atoms with E-state index in [1.165, 1.54) is 38.5 Å². The van der Waals surface area contributed by atoms with E-state index in [0.717, 1.165) is 5.56 Å². The van der Waals surface area contributed by atoms with E-state index in [4.69, 9.17) is 0 Å². The van der Waals surface area contributed by atoms with Crippen molar-refractivity contribution < 1.29 is 4.79 Å². The van der Waals surface area contributed by atoms with Gasteiger partial charge in [-0.05, 0) is 31.2 Å². The molecule has 2 fully saturated rings. The van der Waals surface area contributed by atoms with Crippen molar-refractivity contribution in [3.05, 3.63) is 35.9 Å². The number of carbonyl (C=O) groups excluding carboxylic acids is 1. The first-order chi connectivity index (χ1) is 8.84. The van der Waals surface area contributed by atoms with E-state index in [0.29, 0.717) is 24.4 Å². The van der Waals surface area contributed by atoms with Gasteiger partial charge >= 0.3 is 0 Å². The summed E-state index contributed by atoms with van der Waals surface area (Å²) in [5, 5.41) is 0. The van der Waals surface area contributed by atoms with Crippen molar-refractivity contribution in [2.45, 2.75) is 57.0 Å². The number of carbonyl (C=O) groups is 1. The van der Waals surface area contributed by atoms with Gasteiger partial charge in [0.15, 0.2) is 0 Å². The molecule has 1 aromatic carbocycles. The first-order valence-corrected chi connectivity index (χ1v) is 7.19. The summed E-state index contributed by atoms with van der Waals surface area (Å²) < 4.78 is 0. The highest BCUT2D eigenvalue weighted by molar-refractivity contribution is 5.79. The quantitative estimate of drug-likeness (QED) is 0.795. The van der Waals surface area contributed by atoms with E-state index in [2.05, 4.69) is 17.0 Å². The van der Waals surface area contributed by atoms with E-state index < -0.39 is 0 Å². The molecule has 0 radical (unpaired) electrons. The standard InChI is InChI=1S/C16H21NO/c18-16(12-13-6-2-1-3-7-13)17(15-10-11-15)14-8-4-5-9-14/h1-3,6-7,14-15H,4-5,8-12H2. The van der Waals surface area contributed by atoms with E-state index in [1.54, 1.807) is 0 Å². The maximum atomic E-state index is 12.5. The Balaban J connectivity index is 1.68. The van der Waals surface area contributed by atoms with Crippen molar-refractivity contribution in [3.63, 3.8) is 0 Å². The van der Waals surface area contributed by atoms with Crippen LogP contribution in [-0.4, -0.2) is 22.9 Å². The molecule has 0 heterocycles. The number of amides is 1. The highest BCUT2D eigenvalue weighted by Gasteiger charge is 2.37. The largest absolute Gasteiger partial charge is 0.336 e. The van der Waals surface area contributed by atoms with Crippen LogP contribution < -0.4 is 0 Å². The van der Waals surface area contributed by atoms with Crippen LogP contribution in [0.25, 0.3) is 0 Å². The number of rotatable bonds is 4. The second kappa shape index (κ2) is 5.13. The third kappa shape index (κ3) is 2.58. The van der Waals surface area contributed by atoms with Gasteiger partial charge in [-0.3, -0.25) is 4.79 Å². The fourth-order valence-corrected chi connectivity index (χ4v) is 3.10. The molecule has 2 nitrogen and oxygen atoms in total. The maximum absolute atomic E-state index is 12.5. The summed E-state index contributed by atoms with van der Waals surface area (Å²) in [6, 6.07) is 11.2. The lowest BCUT2D eigenvalue weighted by Gasteiger charge is -2.29. The highest BCUT2D eigenvalue weighted by Crippen LogP contribution is 2.34. The molecular weight excluding hydrogens is 222 g/mol. The average molecular weight is 243 g/mol. The van der Waals surface area contributed by atoms with E-state index in [-0.39, 0.29) is 0 Å². The van der Waals surface area contributed by atoms with Crippen LogP contribution in [0.4, 0.5) is 0 Å². The monoisotopic (exact) mass is 243 g/mol. The zero-order chi connectivity index (χ0) is 12.4. The first-order valence-electron chi connectivity index (χ1n) is 7.19. The molecule has 0 atom stereocenters. The average Bonchev–Trinajstić information content (AvgIpc) is 3.05. The predicted molar refractivity (Wildman–Crippen MR) is 72.3 cm³/mol. The lowest BCUT2D eigenvalue weighted by Crippen LogP contribution is -2.41. The zero-order valence-corrected chi connectivity index (χ0v) is 10.8. The molecule has 1 aromatic rings. The third-order valence-corrected chi connectivity index (χ3v) is 4.14. The number of benzene rings is 1. The summed E-state index contributed by atoms with van der Waals surface area (Å²) in [6.45, 7) is 0. The minimum Gasteiger partial charge on any atom is -0.336 e. The van der Waals surface area contributed by atoms with Gasteiger partial charge < -0.3 is 4.90 Å². The molecule has 0 spiro atoms. The SMILES string of the molecule is O=C(Cc1ccccc1)N(C1CCCC1)C1CC1. The van der Waals surface area contributed by atoms with Gasteiger partial charge in [0.05, 0.1) is 6.42 Å². The Bertz CT molecular complexity index is 404. The van der Waals surface area contributed by atoms with Gasteiger partial charge in [0.25, 0.3) is 0 Å². The molecule has 0 bridgehead atoms.